The monoisotopic (exact) mass is 418 g/mol. The molecule has 5 fully saturated rings. The highest BCUT2D eigenvalue weighted by molar-refractivity contribution is 14.0. The first-order chi connectivity index (χ1) is 10.0. The van der Waals surface area contributed by atoms with Gasteiger partial charge in [-0.05, 0) is 75.5 Å². The maximum absolute atomic E-state index is 12.6. The van der Waals surface area contributed by atoms with Crippen LogP contribution in [0.3, 0.4) is 0 Å². The molecule has 1 aliphatic heterocycles. The number of piperidine rings is 1. The van der Waals surface area contributed by atoms with Gasteiger partial charge in [-0.3, -0.25) is 4.99 Å². The average molecular weight is 418 g/mol. The van der Waals surface area contributed by atoms with Crippen molar-refractivity contribution in [1.82, 2.24) is 0 Å². The van der Waals surface area contributed by atoms with Crippen molar-refractivity contribution in [1.29, 1.82) is 0 Å². The summed E-state index contributed by atoms with van der Waals surface area (Å²) in [5.41, 5.74) is 0.0702. The second-order valence-electron chi connectivity index (χ2n) is 8.93. The zero-order valence-corrected chi connectivity index (χ0v) is 16.3. The van der Waals surface area contributed by atoms with Gasteiger partial charge < -0.3 is 9.59 Å². The fourth-order valence-corrected chi connectivity index (χ4v) is 6.26. The lowest BCUT2D eigenvalue weighted by molar-refractivity contribution is -0.907. The van der Waals surface area contributed by atoms with Gasteiger partial charge in [0.1, 0.15) is 6.54 Å². The lowest BCUT2D eigenvalue weighted by atomic mass is 9.53. The van der Waals surface area contributed by atoms with Crippen LogP contribution in [-0.2, 0) is 0 Å². The highest BCUT2D eigenvalue weighted by atomic mass is 127. The average Bonchev–Trinajstić information content (AvgIpc) is 2.35. The number of quaternary nitrogens is 1. The first kappa shape index (κ1) is 17.0. The van der Waals surface area contributed by atoms with Gasteiger partial charge in [0, 0.05) is 5.90 Å². The van der Waals surface area contributed by atoms with E-state index in [0.717, 1.165) is 22.2 Å². The molecule has 1 saturated heterocycles. The summed E-state index contributed by atoms with van der Waals surface area (Å²) in [5, 5.41) is 12.6. The molecule has 0 spiro atoms. The van der Waals surface area contributed by atoms with Gasteiger partial charge in [-0.1, -0.05) is 0 Å². The molecule has 0 N–H and O–H groups in total. The van der Waals surface area contributed by atoms with Gasteiger partial charge in [0.15, 0.2) is 0 Å². The second kappa shape index (κ2) is 6.23. The number of aliphatic imine (C=N–C) groups is 1. The summed E-state index contributed by atoms with van der Waals surface area (Å²) in [6.07, 6.45) is 11.8. The number of nitrogens with zero attached hydrogens (tertiary/aromatic N) is 2. The molecular formula is C18H31IN2O. The van der Waals surface area contributed by atoms with Crippen LogP contribution in [0.2, 0.25) is 0 Å². The maximum Gasteiger partial charge on any atom is 0.107 e. The summed E-state index contributed by atoms with van der Waals surface area (Å²) < 4.78 is 0.939. The Labute approximate surface area is 152 Å². The van der Waals surface area contributed by atoms with Crippen LogP contribution in [0, 0.1) is 17.8 Å². The zero-order chi connectivity index (χ0) is 14.5. The molecule has 126 valence electrons. The third-order valence-electron chi connectivity index (χ3n) is 6.78. The SMILES string of the molecule is C[N+]1(CC([O-])=NC23CC4CC(CC(C4)C2)C3)CCCCC1.I. The molecule has 5 aliphatic rings. The molecule has 4 aliphatic carbocycles. The summed E-state index contributed by atoms with van der Waals surface area (Å²) >= 11 is 0. The van der Waals surface area contributed by atoms with Gasteiger partial charge in [-0.2, -0.15) is 0 Å². The Morgan fingerprint density at radius 3 is 2.00 bits per heavy atom. The first-order valence-electron chi connectivity index (χ1n) is 9.14. The molecule has 0 unspecified atom stereocenters. The van der Waals surface area contributed by atoms with Crippen molar-refractivity contribution < 1.29 is 9.59 Å². The Kier molecular flexibility index (Phi) is 4.81. The zero-order valence-electron chi connectivity index (χ0n) is 13.9. The highest BCUT2D eigenvalue weighted by Gasteiger charge is 2.50. The predicted octanol–water partition coefficient (Wildman–Crippen LogP) is 2.96. The van der Waals surface area contributed by atoms with Gasteiger partial charge in [0.05, 0.1) is 25.7 Å². The van der Waals surface area contributed by atoms with Gasteiger partial charge in [-0.15, -0.1) is 24.0 Å². The van der Waals surface area contributed by atoms with Crippen LogP contribution in [0.5, 0.6) is 0 Å². The number of likely N-dealkylation sites (N-methyl/N-ethyl adjacent to an activating group) is 1. The Balaban J connectivity index is 0.00000144. The van der Waals surface area contributed by atoms with Crippen molar-refractivity contribution >= 4 is 29.9 Å². The maximum atomic E-state index is 12.6. The number of likely N-dealkylation sites (tertiary alicyclic amines) is 1. The second-order valence-corrected chi connectivity index (χ2v) is 8.93. The number of rotatable bonds is 3. The fourth-order valence-electron chi connectivity index (χ4n) is 6.26. The van der Waals surface area contributed by atoms with E-state index in [1.165, 1.54) is 70.9 Å². The van der Waals surface area contributed by atoms with Crippen LogP contribution in [-0.4, -0.2) is 42.6 Å². The van der Waals surface area contributed by atoms with Crippen molar-refractivity contribution in [3.63, 3.8) is 0 Å². The van der Waals surface area contributed by atoms with E-state index in [-0.39, 0.29) is 35.4 Å². The van der Waals surface area contributed by atoms with E-state index in [1.54, 1.807) is 0 Å². The van der Waals surface area contributed by atoms with Crippen molar-refractivity contribution in [2.75, 3.05) is 26.7 Å². The van der Waals surface area contributed by atoms with E-state index in [9.17, 15) is 5.11 Å². The molecular weight excluding hydrogens is 387 g/mol. The molecule has 1 heterocycles. The van der Waals surface area contributed by atoms with E-state index < -0.39 is 0 Å². The molecule has 4 saturated carbocycles. The summed E-state index contributed by atoms with van der Waals surface area (Å²) in [5.74, 6) is 2.86. The normalized spacial score (nSPS) is 43.0. The van der Waals surface area contributed by atoms with Gasteiger partial charge >= 0.3 is 0 Å². The first-order valence-corrected chi connectivity index (χ1v) is 9.14. The van der Waals surface area contributed by atoms with Crippen molar-refractivity contribution in [3.05, 3.63) is 0 Å². The quantitative estimate of drug-likeness (QED) is 0.301. The van der Waals surface area contributed by atoms with Crippen LogP contribution >= 0.6 is 24.0 Å². The minimum Gasteiger partial charge on any atom is -0.858 e. The topological polar surface area (TPSA) is 35.4 Å². The van der Waals surface area contributed by atoms with Crippen LogP contribution in [0.4, 0.5) is 0 Å². The molecule has 4 bridgehead atoms. The third-order valence-corrected chi connectivity index (χ3v) is 6.78. The molecule has 0 radical (unpaired) electrons. The summed E-state index contributed by atoms with van der Waals surface area (Å²) in [7, 11) is 2.26. The standard InChI is InChI=1S/C18H30N2O.HI/c1-20(5-3-2-4-6-20)13-17(21)19-18-10-14-7-15(11-18)9-16(8-14)12-18;/h14-16H,2-13H2,1H3;1H. The molecule has 22 heavy (non-hydrogen) atoms. The smallest absolute Gasteiger partial charge is 0.107 e. The minimum atomic E-state index is 0. The van der Waals surface area contributed by atoms with Crippen LogP contribution in [0.1, 0.15) is 57.8 Å². The van der Waals surface area contributed by atoms with Gasteiger partial charge in [0.2, 0.25) is 0 Å². The molecule has 3 nitrogen and oxygen atoms in total. The Morgan fingerprint density at radius 1 is 1.00 bits per heavy atom. The number of halogens is 1. The highest BCUT2D eigenvalue weighted by Crippen LogP contribution is 2.57. The van der Waals surface area contributed by atoms with E-state index >= 15 is 0 Å². The molecule has 4 heteroatoms. The molecule has 5 rings (SSSR count). The van der Waals surface area contributed by atoms with E-state index in [0.29, 0.717) is 6.54 Å². The fraction of sp³-hybridized carbons (Fsp3) is 0.944. The molecule has 0 aromatic heterocycles. The van der Waals surface area contributed by atoms with E-state index in [1.807, 2.05) is 0 Å². The van der Waals surface area contributed by atoms with Crippen molar-refractivity contribution in [3.8, 4) is 0 Å². The van der Waals surface area contributed by atoms with Crippen LogP contribution in [0.25, 0.3) is 0 Å². The lowest BCUT2D eigenvalue weighted by Gasteiger charge is -2.55. The molecule has 0 amide bonds. The van der Waals surface area contributed by atoms with Gasteiger partial charge in [-0.25, -0.2) is 0 Å². The minimum absolute atomic E-state index is 0. The van der Waals surface area contributed by atoms with Crippen LogP contribution < -0.4 is 5.11 Å². The number of hydrogen-bond donors (Lipinski definition) is 0. The van der Waals surface area contributed by atoms with Crippen LogP contribution in [0.15, 0.2) is 4.99 Å². The van der Waals surface area contributed by atoms with E-state index in [4.69, 9.17) is 4.99 Å². The Bertz CT molecular complexity index is 407. The molecule has 0 aromatic carbocycles. The Hall–Kier alpha value is 0.160. The Morgan fingerprint density at radius 2 is 1.50 bits per heavy atom. The van der Waals surface area contributed by atoms with Crippen molar-refractivity contribution in [2.45, 2.75) is 63.3 Å². The lowest BCUT2D eigenvalue weighted by Crippen LogP contribution is -2.55. The van der Waals surface area contributed by atoms with E-state index in [2.05, 4.69) is 7.05 Å². The van der Waals surface area contributed by atoms with Gasteiger partial charge in [0.25, 0.3) is 0 Å². The largest absolute Gasteiger partial charge is 0.858 e. The number of hydrogen-bond acceptors (Lipinski definition) is 2. The third kappa shape index (κ3) is 3.33. The molecule has 0 atom stereocenters. The molecule has 0 aromatic rings. The predicted molar refractivity (Wildman–Crippen MR) is 98.4 cm³/mol. The summed E-state index contributed by atoms with van der Waals surface area (Å²) in [6.45, 7) is 2.99. The summed E-state index contributed by atoms with van der Waals surface area (Å²) in [6, 6.07) is 0. The van der Waals surface area contributed by atoms with Crippen molar-refractivity contribution in [2.24, 2.45) is 22.7 Å². The summed E-state index contributed by atoms with van der Waals surface area (Å²) in [4.78, 5) is 4.85.